The molecular weight excluding hydrogens is 180 g/mol. The van der Waals surface area contributed by atoms with Crippen molar-refractivity contribution in [2.24, 2.45) is 0 Å². The van der Waals surface area contributed by atoms with E-state index in [-0.39, 0.29) is 0 Å². The largest absolute Gasteiger partial charge is 0.260 e. The SMILES string of the molecule is CCCCCCCCS(=O)CCC. The lowest BCUT2D eigenvalue weighted by Crippen LogP contribution is -2.01. The molecule has 0 spiro atoms. The number of hydrogen-bond acceptors (Lipinski definition) is 1. The van der Waals surface area contributed by atoms with E-state index in [1.165, 1.54) is 32.1 Å². The molecule has 0 aliphatic carbocycles. The molecule has 1 atom stereocenters. The van der Waals surface area contributed by atoms with Crippen LogP contribution in [0.25, 0.3) is 0 Å². The summed E-state index contributed by atoms with van der Waals surface area (Å²) in [5.41, 5.74) is 0. The van der Waals surface area contributed by atoms with Crippen molar-refractivity contribution in [2.45, 2.75) is 58.8 Å². The average molecular weight is 204 g/mol. The highest BCUT2D eigenvalue weighted by Gasteiger charge is 1.97. The molecule has 1 nitrogen and oxygen atoms in total. The Morgan fingerprint density at radius 1 is 0.769 bits per heavy atom. The van der Waals surface area contributed by atoms with Gasteiger partial charge in [-0.25, -0.2) is 0 Å². The average Bonchev–Trinajstić information content (AvgIpc) is 2.11. The fourth-order valence-electron chi connectivity index (χ4n) is 1.37. The number of rotatable bonds is 9. The highest BCUT2D eigenvalue weighted by Crippen LogP contribution is 2.05. The van der Waals surface area contributed by atoms with Crippen molar-refractivity contribution in [3.63, 3.8) is 0 Å². The molecule has 2 heteroatoms. The maximum atomic E-state index is 11.2. The molecule has 0 N–H and O–H groups in total. The summed E-state index contributed by atoms with van der Waals surface area (Å²) in [6, 6.07) is 0. The minimum absolute atomic E-state index is 0.527. The van der Waals surface area contributed by atoms with Gasteiger partial charge >= 0.3 is 0 Å². The van der Waals surface area contributed by atoms with Crippen molar-refractivity contribution in [3.8, 4) is 0 Å². The van der Waals surface area contributed by atoms with Gasteiger partial charge in [0.2, 0.25) is 0 Å². The van der Waals surface area contributed by atoms with Gasteiger partial charge in [-0.05, 0) is 12.8 Å². The normalized spacial score (nSPS) is 13.1. The van der Waals surface area contributed by atoms with Gasteiger partial charge < -0.3 is 0 Å². The molecule has 0 bridgehead atoms. The van der Waals surface area contributed by atoms with Crippen LogP contribution in [0.4, 0.5) is 0 Å². The van der Waals surface area contributed by atoms with E-state index in [1.54, 1.807) is 0 Å². The molecule has 13 heavy (non-hydrogen) atoms. The van der Waals surface area contributed by atoms with E-state index in [0.29, 0.717) is 0 Å². The molecule has 0 saturated carbocycles. The fourth-order valence-corrected chi connectivity index (χ4v) is 2.56. The lowest BCUT2D eigenvalue weighted by Gasteiger charge is -2.00. The monoisotopic (exact) mass is 204 g/mol. The zero-order chi connectivity index (χ0) is 9.94. The fraction of sp³-hybridized carbons (Fsp3) is 1.00. The summed E-state index contributed by atoms with van der Waals surface area (Å²) in [6.45, 7) is 4.33. The van der Waals surface area contributed by atoms with Gasteiger partial charge in [-0.3, -0.25) is 4.21 Å². The third-order valence-electron chi connectivity index (χ3n) is 2.16. The summed E-state index contributed by atoms with van der Waals surface area (Å²) in [7, 11) is -0.527. The van der Waals surface area contributed by atoms with Gasteiger partial charge in [0.15, 0.2) is 0 Å². The minimum atomic E-state index is -0.527. The Hall–Kier alpha value is 0.150. The van der Waals surface area contributed by atoms with Gasteiger partial charge in [0.25, 0.3) is 0 Å². The summed E-state index contributed by atoms with van der Waals surface area (Å²) in [5, 5.41) is 0. The Balaban J connectivity index is 3.02. The van der Waals surface area contributed by atoms with Crippen molar-refractivity contribution in [2.75, 3.05) is 11.5 Å². The second kappa shape index (κ2) is 10.2. The topological polar surface area (TPSA) is 17.1 Å². The van der Waals surface area contributed by atoms with Crippen LogP contribution >= 0.6 is 0 Å². The van der Waals surface area contributed by atoms with E-state index in [4.69, 9.17) is 0 Å². The van der Waals surface area contributed by atoms with Gasteiger partial charge in [-0.1, -0.05) is 46.0 Å². The molecule has 0 saturated heterocycles. The van der Waals surface area contributed by atoms with Gasteiger partial charge in [0.05, 0.1) is 0 Å². The van der Waals surface area contributed by atoms with Crippen LogP contribution in [0, 0.1) is 0 Å². The molecule has 0 aromatic carbocycles. The molecule has 0 aromatic rings. The second-order valence-corrected chi connectivity index (χ2v) is 5.31. The van der Waals surface area contributed by atoms with Crippen LogP contribution in [0.3, 0.4) is 0 Å². The van der Waals surface area contributed by atoms with Crippen molar-refractivity contribution in [3.05, 3.63) is 0 Å². The summed E-state index contributed by atoms with van der Waals surface area (Å²) in [5.74, 6) is 1.83. The van der Waals surface area contributed by atoms with Crippen LogP contribution < -0.4 is 0 Å². The summed E-state index contributed by atoms with van der Waals surface area (Å²) < 4.78 is 11.2. The van der Waals surface area contributed by atoms with E-state index in [2.05, 4.69) is 13.8 Å². The maximum Gasteiger partial charge on any atom is 0.0234 e. The van der Waals surface area contributed by atoms with Gasteiger partial charge in [-0.15, -0.1) is 0 Å². The Bertz CT molecular complexity index is 123. The molecule has 0 fully saturated rings. The highest BCUT2D eigenvalue weighted by molar-refractivity contribution is 7.84. The second-order valence-electron chi connectivity index (χ2n) is 3.62. The van der Waals surface area contributed by atoms with Crippen molar-refractivity contribution in [1.82, 2.24) is 0 Å². The van der Waals surface area contributed by atoms with E-state index in [1.807, 2.05) is 0 Å². The van der Waals surface area contributed by atoms with Crippen LogP contribution in [0.1, 0.15) is 58.8 Å². The van der Waals surface area contributed by atoms with Crippen molar-refractivity contribution < 1.29 is 4.21 Å². The summed E-state index contributed by atoms with van der Waals surface area (Å²) >= 11 is 0. The number of unbranched alkanes of at least 4 members (excludes halogenated alkanes) is 5. The molecule has 0 radical (unpaired) electrons. The summed E-state index contributed by atoms with van der Waals surface area (Å²) in [4.78, 5) is 0. The van der Waals surface area contributed by atoms with Crippen LogP contribution in [0.15, 0.2) is 0 Å². The van der Waals surface area contributed by atoms with Crippen molar-refractivity contribution >= 4 is 10.8 Å². The smallest absolute Gasteiger partial charge is 0.0234 e. The lowest BCUT2D eigenvalue weighted by atomic mass is 10.1. The zero-order valence-corrected chi connectivity index (χ0v) is 10.00. The number of hydrogen-bond donors (Lipinski definition) is 0. The summed E-state index contributed by atoms with van der Waals surface area (Å²) in [6.07, 6.45) is 8.85. The molecule has 80 valence electrons. The van der Waals surface area contributed by atoms with E-state index < -0.39 is 10.8 Å². The third kappa shape index (κ3) is 10.1. The Labute approximate surface area is 85.8 Å². The molecule has 0 amide bonds. The third-order valence-corrected chi connectivity index (χ3v) is 3.76. The molecular formula is C11H24OS. The predicted molar refractivity (Wildman–Crippen MR) is 61.5 cm³/mol. The first kappa shape index (κ1) is 13.2. The van der Waals surface area contributed by atoms with Crippen LogP contribution in [0.5, 0.6) is 0 Å². The molecule has 0 aliphatic heterocycles. The van der Waals surface area contributed by atoms with E-state index in [9.17, 15) is 4.21 Å². The van der Waals surface area contributed by atoms with E-state index in [0.717, 1.165) is 24.3 Å². The first-order valence-electron chi connectivity index (χ1n) is 5.66. The molecule has 0 rings (SSSR count). The zero-order valence-electron chi connectivity index (χ0n) is 9.18. The molecule has 0 aromatic heterocycles. The molecule has 1 unspecified atom stereocenters. The maximum absolute atomic E-state index is 11.2. The predicted octanol–water partition coefficient (Wildman–Crippen LogP) is 3.51. The van der Waals surface area contributed by atoms with Gasteiger partial charge in [-0.2, -0.15) is 0 Å². The van der Waals surface area contributed by atoms with Gasteiger partial charge in [0.1, 0.15) is 0 Å². The first-order valence-corrected chi connectivity index (χ1v) is 7.15. The molecule has 0 aliphatic rings. The Kier molecular flexibility index (Phi) is 10.4. The van der Waals surface area contributed by atoms with Crippen LogP contribution in [-0.2, 0) is 10.8 Å². The standard InChI is InChI=1S/C11H24OS/c1-3-5-6-7-8-9-11-13(12)10-4-2/h3-11H2,1-2H3. The van der Waals surface area contributed by atoms with Crippen LogP contribution in [-0.4, -0.2) is 15.7 Å². The highest BCUT2D eigenvalue weighted by atomic mass is 32.2. The Morgan fingerprint density at radius 3 is 2.00 bits per heavy atom. The quantitative estimate of drug-likeness (QED) is 0.525. The lowest BCUT2D eigenvalue weighted by molar-refractivity contribution is 0.622. The minimum Gasteiger partial charge on any atom is -0.260 e. The van der Waals surface area contributed by atoms with Crippen LogP contribution in [0.2, 0.25) is 0 Å². The first-order chi connectivity index (χ1) is 6.31. The molecule has 0 heterocycles. The van der Waals surface area contributed by atoms with Crippen molar-refractivity contribution in [1.29, 1.82) is 0 Å². The van der Waals surface area contributed by atoms with Gasteiger partial charge in [0, 0.05) is 22.3 Å². The Morgan fingerprint density at radius 2 is 1.38 bits per heavy atom. The van der Waals surface area contributed by atoms with E-state index >= 15 is 0 Å².